The van der Waals surface area contributed by atoms with E-state index in [-0.39, 0.29) is 11.8 Å². The zero-order valence-electron chi connectivity index (χ0n) is 10.8. The summed E-state index contributed by atoms with van der Waals surface area (Å²) in [5.41, 5.74) is 0.440. The second-order valence-electron chi connectivity index (χ2n) is 5.49. The van der Waals surface area contributed by atoms with Crippen LogP contribution in [0.25, 0.3) is 0 Å². The number of piperazine rings is 1. The van der Waals surface area contributed by atoms with E-state index in [1.54, 1.807) is 0 Å². The van der Waals surface area contributed by atoms with Crippen molar-refractivity contribution in [3.05, 3.63) is 35.9 Å². The molecule has 2 fully saturated rings. The Morgan fingerprint density at radius 3 is 2.47 bits per heavy atom. The van der Waals surface area contributed by atoms with Crippen LogP contribution in [0, 0.1) is 0 Å². The molecule has 0 bridgehead atoms. The van der Waals surface area contributed by atoms with E-state index in [0.717, 1.165) is 31.2 Å². The first-order valence-electron chi connectivity index (χ1n) is 6.87. The Labute approximate surface area is 112 Å². The Bertz CT molecular complexity index is 492. The summed E-state index contributed by atoms with van der Waals surface area (Å²) in [7, 11) is 0. The van der Waals surface area contributed by atoms with Crippen LogP contribution in [0.15, 0.2) is 30.3 Å². The highest BCUT2D eigenvalue weighted by Crippen LogP contribution is 2.31. The number of hydrogen-bond donors (Lipinski definition) is 2. The van der Waals surface area contributed by atoms with Crippen molar-refractivity contribution in [2.45, 2.75) is 43.7 Å². The summed E-state index contributed by atoms with van der Waals surface area (Å²) < 4.78 is 0. The fraction of sp³-hybridized carbons (Fsp3) is 0.467. The molecular formula is C15H18N2O2. The van der Waals surface area contributed by atoms with Gasteiger partial charge in [-0.3, -0.25) is 9.59 Å². The smallest absolute Gasteiger partial charge is 0.246 e. The highest BCUT2D eigenvalue weighted by Gasteiger charge is 2.47. The number of amides is 2. The van der Waals surface area contributed by atoms with Crippen molar-refractivity contribution in [3.8, 4) is 0 Å². The number of nitrogens with one attached hydrogen (secondary N) is 2. The van der Waals surface area contributed by atoms with Gasteiger partial charge in [0.1, 0.15) is 11.6 Å². The zero-order chi connectivity index (χ0) is 13.3. The van der Waals surface area contributed by atoms with Gasteiger partial charge in [0.2, 0.25) is 11.8 Å². The van der Waals surface area contributed by atoms with Gasteiger partial charge in [-0.25, -0.2) is 0 Å². The van der Waals surface area contributed by atoms with Gasteiger partial charge in [-0.15, -0.1) is 0 Å². The highest BCUT2D eigenvalue weighted by atomic mass is 16.2. The summed E-state index contributed by atoms with van der Waals surface area (Å²) in [6.07, 6.45) is 4.11. The molecule has 4 heteroatoms. The van der Waals surface area contributed by atoms with E-state index in [4.69, 9.17) is 0 Å². The molecule has 1 aliphatic heterocycles. The molecule has 1 unspecified atom stereocenters. The van der Waals surface area contributed by atoms with Crippen LogP contribution in [0.1, 0.15) is 31.2 Å². The van der Waals surface area contributed by atoms with Gasteiger partial charge in [0, 0.05) is 6.42 Å². The van der Waals surface area contributed by atoms with E-state index in [2.05, 4.69) is 10.6 Å². The summed E-state index contributed by atoms with van der Waals surface area (Å²) in [6.45, 7) is 0. The molecule has 2 aliphatic rings. The molecular weight excluding hydrogens is 240 g/mol. The third-order valence-corrected chi connectivity index (χ3v) is 4.16. The molecule has 1 heterocycles. The monoisotopic (exact) mass is 258 g/mol. The first kappa shape index (κ1) is 12.2. The number of benzene rings is 1. The van der Waals surface area contributed by atoms with Crippen molar-refractivity contribution in [3.63, 3.8) is 0 Å². The van der Waals surface area contributed by atoms with Crippen LogP contribution in [0.2, 0.25) is 0 Å². The molecule has 19 heavy (non-hydrogen) atoms. The SMILES string of the molecule is O=C1NC2(CCCC2)C(=O)NC1Cc1ccccc1. The van der Waals surface area contributed by atoms with Crippen LogP contribution in [0.5, 0.6) is 0 Å². The molecule has 1 atom stereocenters. The maximum absolute atomic E-state index is 12.2. The molecule has 1 saturated heterocycles. The average molecular weight is 258 g/mol. The van der Waals surface area contributed by atoms with Crippen LogP contribution in [-0.2, 0) is 16.0 Å². The normalized spacial score (nSPS) is 25.2. The van der Waals surface area contributed by atoms with Crippen molar-refractivity contribution in [1.29, 1.82) is 0 Å². The van der Waals surface area contributed by atoms with Gasteiger partial charge in [0.05, 0.1) is 0 Å². The van der Waals surface area contributed by atoms with Gasteiger partial charge in [-0.05, 0) is 18.4 Å². The minimum atomic E-state index is -0.621. The molecule has 1 aliphatic carbocycles. The van der Waals surface area contributed by atoms with Crippen molar-refractivity contribution in [2.24, 2.45) is 0 Å². The number of rotatable bonds is 2. The van der Waals surface area contributed by atoms with E-state index in [0.29, 0.717) is 6.42 Å². The number of carbonyl (C=O) groups is 2. The van der Waals surface area contributed by atoms with Gasteiger partial charge in [-0.2, -0.15) is 0 Å². The lowest BCUT2D eigenvalue weighted by Gasteiger charge is -2.37. The second-order valence-corrected chi connectivity index (χ2v) is 5.49. The lowest BCUT2D eigenvalue weighted by molar-refractivity contribution is -0.141. The molecule has 1 aromatic rings. The summed E-state index contributed by atoms with van der Waals surface area (Å²) in [5, 5.41) is 5.86. The lowest BCUT2D eigenvalue weighted by Crippen LogP contribution is -2.68. The van der Waals surface area contributed by atoms with E-state index >= 15 is 0 Å². The van der Waals surface area contributed by atoms with Crippen LogP contribution < -0.4 is 10.6 Å². The fourth-order valence-electron chi connectivity index (χ4n) is 3.07. The summed E-state index contributed by atoms with van der Waals surface area (Å²) in [4.78, 5) is 24.4. The third-order valence-electron chi connectivity index (χ3n) is 4.16. The van der Waals surface area contributed by atoms with E-state index in [1.165, 1.54) is 0 Å². The molecule has 4 nitrogen and oxygen atoms in total. The third kappa shape index (κ3) is 2.23. The minimum Gasteiger partial charge on any atom is -0.342 e. The van der Waals surface area contributed by atoms with E-state index in [1.807, 2.05) is 30.3 Å². The second kappa shape index (κ2) is 4.68. The van der Waals surface area contributed by atoms with Gasteiger partial charge in [-0.1, -0.05) is 43.2 Å². The van der Waals surface area contributed by atoms with Gasteiger partial charge >= 0.3 is 0 Å². The average Bonchev–Trinajstić information content (AvgIpc) is 2.87. The Morgan fingerprint density at radius 1 is 1.11 bits per heavy atom. The minimum absolute atomic E-state index is 0.00877. The summed E-state index contributed by atoms with van der Waals surface area (Å²) >= 11 is 0. The lowest BCUT2D eigenvalue weighted by atomic mass is 9.91. The molecule has 1 spiro atoms. The predicted molar refractivity (Wildman–Crippen MR) is 71.4 cm³/mol. The van der Waals surface area contributed by atoms with Crippen molar-refractivity contribution in [2.75, 3.05) is 0 Å². The maximum Gasteiger partial charge on any atom is 0.246 e. The predicted octanol–water partition coefficient (Wildman–Crippen LogP) is 1.16. The molecule has 1 aromatic carbocycles. The standard InChI is InChI=1S/C15H18N2O2/c18-13-12(10-11-6-2-1-3-7-11)16-14(19)15(17-13)8-4-5-9-15/h1-3,6-7,12H,4-5,8-10H2,(H,16,19)(H,17,18). The van der Waals surface area contributed by atoms with Gasteiger partial charge in [0.15, 0.2) is 0 Å². The van der Waals surface area contributed by atoms with Crippen molar-refractivity contribution in [1.82, 2.24) is 10.6 Å². The fourth-order valence-corrected chi connectivity index (χ4v) is 3.07. The molecule has 2 N–H and O–H groups in total. The topological polar surface area (TPSA) is 58.2 Å². The quantitative estimate of drug-likeness (QED) is 0.836. The van der Waals surface area contributed by atoms with E-state index in [9.17, 15) is 9.59 Å². The Morgan fingerprint density at radius 2 is 1.79 bits per heavy atom. The molecule has 1 saturated carbocycles. The van der Waals surface area contributed by atoms with Gasteiger partial charge in [0.25, 0.3) is 0 Å². The summed E-state index contributed by atoms with van der Waals surface area (Å²) in [6, 6.07) is 9.32. The first-order chi connectivity index (χ1) is 9.20. The molecule has 3 rings (SSSR count). The Kier molecular flexibility index (Phi) is 3.01. The van der Waals surface area contributed by atoms with Crippen molar-refractivity contribution >= 4 is 11.8 Å². The highest BCUT2D eigenvalue weighted by molar-refractivity contribution is 6.00. The number of carbonyl (C=O) groups excluding carboxylic acids is 2. The van der Waals surface area contributed by atoms with E-state index < -0.39 is 11.6 Å². The summed E-state index contributed by atoms with van der Waals surface area (Å²) in [5.74, 6) is -0.0594. The van der Waals surface area contributed by atoms with Crippen LogP contribution in [-0.4, -0.2) is 23.4 Å². The molecule has 0 aromatic heterocycles. The maximum atomic E-state index is 12.2. The largest absolute Gasteiger partial charge is 0.342 e. The van der Waals surface area contributed by atoms with Crippen LogP contribution >= 0.6 is 0 Å². The van der Waals surface area contributed by atoms with Crippen LogP contribution in [0.3, 0.4) is 0 Å². The Hall–Kier alpha value is -1.84. The molecule has 100 valence electrons. The molecule has 0 radical (unpaired) electrons. The van der Waals surface area contributed by atoms with Gasteiger partial charge < -0.3 is 10.6 Å². The first-order valence-corrected chi connectivity index (χ1v) is 6.87. The Balaban J connectivity index is 1.73. The number of hydrogen-bond acceptors (Lipinski definition) is 2. The zero-order valence-corrected chi connectivity index (χ0v) is 10.8. The van der Waals surface area contributed by atoms with Crippen molar-refractivity contribution < 1.29 is 9.59 Å². The van der Waals surface area contributed by atoms with Crippen LogP contribution in [0.4, 0.5) is 0 Å². The molecule has 2 amide bonds.